The average Bonchev–Trinajstić information content (AvgIpc) is 2.78. The molecule has 0 saturated carbocycles. The van der Waals surface area contributed by atoms with E-state index in [4.69, 9.17) is 4.74 Å². The van der Waals surface area contributed by atoms with Crippen molar-refractivity contribution in [2.24, 2.45) is 0 Å². The van der Waals surface area contributed by atoms with Gasteiger partial charge in [-0.3, -0.25) is 0 Å². The Morgan fingerprint density at radius 3 is 2.69 bits per heavy atom. The highest BCUT2D eigenvalue weighted by Crippen LogP contribution is 2.29. The van der Waals surface area contributed by atoms with Crippen LogP contribution in [0.5, 0.6) is 5.75 Å². The number of nitrogens with one attached hydrogen (secondary N) is 1. The minimum atomic E-state index is 0.688. The van der Waals surface area contributed by atoms with Gasteiger partial charge in [-0.05, 0) is 42.3 Å². The highest BCUT2D eigenvalue weighted by atomic mass is 32.1. The van der Waals surface area contributed by atoms with Crippen LogP contribution in [0, 0.1) is 13.8 Å². The second-order valence-corrected chi connectivity index (χ2v) is 4.09. The summed E-state index contributed by atoms with van der Waals surface area (Å²) in [7, 11) is 1.67. The maximum atomic E-state index is 5.25. The SMILES string of the molecule is COc1ccc(Nc2nnns2)c(C)c1C. The zero-order chi connectivity index (χ0) is 11.5. The molecule has 0 fully saturated rings. The van der Waals surface area contributed by atoms with E-state index in [-0.39, 0.29) is 0 Å². The molecule has 0 aliphatic heterocycles. The first-order valence-electron chi connectivity index (χ1n) is 4.78. The van der Waals surface area contributed by atoms with Crippen LogP contribution in [0.2, 0.25) is 0 Å². The van der Waals surface area contributed by atoms with Crippen LogP contribution in [-0.2, 0) is 0 Å². The number of methoxy groups -OCH3 is 1. The fourth-order valence-electron chi connectivity index (χ4n) is 1.45. The molecule has 84 valence electrons. The molecule has 0 amide bonds. The van der Waals surface area contributed by atoms with Crippen molar-refractivity contribution in [3.63, 3.8) is 0 Å². The second kappa shape index (κ2) is 4.44. The molecule has 6 heteroatoms. The minimum absolute atomic E-state index is 0.688. The monoisotopic (exact) mass is 236 g/mol. The van der Waals surface area contributed by atoms with Crippen molar-refractivity contribution >= 4 is 22.4 Å². The summed E-state index contributed by atoms with van der Waals surface area (Å²) in [6.07, 6.45) is 0. The normalized spacial score (nSPS) is 10.2. The van der Waals surface area contributed by atoms with Gasteiger partial charge < -0.3 is 10.1 Å². The van der Waals surface area contributed by atoms with E-state index >= 15 is 0 Å². The number of hydrogen-bond acceptors (Lipinski definition) is 6. The van der Waals surface area contributed by atoms with Crippen LogP contribution >= 0.6 is 11.5 Å². The molecule has 16 heavy (non-hydrogen) atoms. The molecule has 0 unspecified atom stereocenters. The first kappa shape index (κ1) is 10.8. The van der Waals surface area contributed by atoms with Gasteiger partial charge in [0.05, 0.1) is 7.11 Å². The molecule has 0 bridgehead atoms. The Hall–Kier alpha value is -1.69. The predicted octanol–water partition coefficient (Wildman–Crippen LogP) is 2.30. The number of hydrogen-bond donors (Lipinski definition) is 1. The molecule has 0 aliphatic carbocycles. The van der Waals surface area contributed by atoms with Gasteiger partial charge in [-0.1, -0.05) is 9.59 Å². The van der Waals surface area contributed by atoms with Crippen molar-refractivity contribution < 1.29 is 4.74 Å². The van der Waals surface area contributed by atoms with Crippen molar-refractivity contribution in [2.75, 3.05) is 12.4 Å². The van der Waals surface area contributed by atoms with Crippen LogP contribution in [0.1, 0.15) is 11.1 Å². The lowest BCUT2D eigenvalue weighted by molar-refractivity contribution is 0.411. The number of anilines is 2. The summed E-state index contributed by atoms with van der Waals surface area (Å²) in [5, 5.41) is 11.2. The Morgan fingerprint density at radius 1 is 1.25 bits per heavy atom. The number of aromatic nitrogens is 3. The minimum Gasteiger partial charge on any atom is -0.496 e. The van der Waals surface area contributed by atoms with E-state index in [2.05, 4.69) is 20.1 Å². The summed E-state index contributed by atoms with van der Waals surface area (Å²) in [5.41, 5.74) is 3.25. The van der Waals surface area contributed by atoms with Crippen molar-refractivity contribution in [1.29, 1.82) is 0 Å². The third-order valence-electron chi connectivity index (χ3n) is 2.50. The third kappa shape index (κ3) is 1.96. The zero-order valence-electron chi connectivity index (χ0n) is 9.31. The summed E-state index contributed by atoms with van der Waals surface area (Å²) in [5.74, 6) is 0.887. The van der Waals surface area contributed by atoms with E-state index in [0.717, 1.165) is 22.6 Å². The van der Waals surface area contributed by atoms with E-state index in [1.807, 2.05) is 26.0 Å². The van der Waals surface area contributed by atoms with Crippen LogP contribution in [-0.4, -0.2) is 21.9 Å². The second-order valence-electron chi connectivity index (χ2n) is 3.36. The van der Waals surface area contributed by atoms with Gasteiger partial charge in [-0.15, -0.1) is 0 Å². The predicted molar refractivity (Wildman–Crippen MR) is 63.5 cm³/mol. The van der Waals surface area contributed by atoms with Gasteiger partial charge in [0.15, 0.2) is 0 Å². The molecule has 1 heterocycles. The fraction of sp³-hybridized carbons (Fsp3) is 0.300. The van der Waals surface area contributed by atoms with Gasteiger partial charge in [-0.2, -0.15) is 0 Å². The summed E-state index contributed by atoms with van der Waals surface area (Å²) >= 11 is 1.23. The molecular weight excluding hydrogens is 224 g/mol. The van der Waals surface area contributed by atoms with Crippen molar-refractivity contribution in [2.45, 2.75) is 13.8 Å². The van der Waals surface area contributed by atoms with Gasteiger partial charge in [0.25, 0.3) is 0 Å². The fourth-order valence-corrected chi connectivity index (χ4v) is 1.83. The van der Waals surface area contributed by atoms with Gasteiger partial charge in [0.1, 0.15) is 5.75 Å². The van der Waals surface area contributed by atoms with Crippen LogP contribution in [0.3, 0.4) is 0 Å². The van der Waals surface area contributed by atoms with Gasteiger partial charge in [-0.25, -0.2) is 0 Å². The lowest BCUT2D eigenvalue weighted by atomic mass is 10.1. The van der Waals surface area contributed by atoms with Gasteiger partial charge >= 0.3 is 0 Å². The third-order valence-corrected chi connectivity index (χ3v) is 3.01. The number of rotatable bonds is 3. The summed E-state index contributed by atoms with van der Waals surface area (Å²) in [6, 6.07) is 3.89. The Morgan fingerprint density at radius 2 is 2.06 bits per heavy atom. The average molecular weight is 236 g/mol. The van der Waals surface area contributed by atoms with Crippen LogP contribution in [0.15, 0.2) is 12.1 Å². The molecule has 2 aromatic rings. The maximum absolute atomic E-state index is 5.25. The van der Waals surface area contributed by atoms with Crippen LogP contribution in [0.4, 0.5) is 10.8 Å². The Balaban J connectivity index is 2.32. The highest BCUT2D eigenvalue weighted by Gasteiger charge is 2.07. The van der Waals surface area contributed by atoms with Crippen molar-refractivity contribution in [3.05, 3.63) is 23.3 Å². The maximum Gasteiger partial charge on any atom is 0.229 e. The lowest BCUT2D eigenvalue weighted by Crippen LogP contribution is -1.97. The van der Waals surface area contributed by atoms with Crippen LogP contribution in [0.25, 0.3) is 0 Å². The topological polar surface area (TPSA) is 59.9 Å². The van der Waals surface area contributed by atoms with E-state index in [9.17, 15) is 0 Å². The van der Waals surface area contributed by atoms with Crippen molar-refractivity contribution in [3.8, 4) is 5.75 Å². The summed E-state index contributed by atoms with van der Waals surface area (Å²) in [4.78, 5) is 0. The molecule has 1 aromatic heterocycles. The highest BCUT2D eigenvalue weighted by molar-refractivity contribution is 7.09. The summed E-state index contributed by atoms with van der Waals surface area (Å²) < 4.78 is 8.95. The first-order valence-corrected chi connectivity index (χ1v) is 5.56. The smallest absolute Gasteiger partial charge is 0.229 e. The van der Waals surface area contributed by atoms with E-state index < -0.39 is 0 Å². The van der Waals surface area contributed by atoms with E-state index in [1.54, 1.807) is 7.11 Å². The molecule has 0 atom stereocenters. The van der Waals surface area contributed by atoms with Crippen molar-refractivity contribution in [1.82, 2.24) is 14.8 Å². The standard InChI is InChI=1S/C10H12N4OS/c1-6-7(2)9(15-3)5-4-8(6)11-10-12-13-14-16-10/h4-5H,1-3H3,(H,11,12,14). The van der Waals surface area contributed by atoms with Gasteiger partial charge in [0, 0.05) is 17.2 Å². The number of benzene rings is 1. The molecule has 2 rings (SSSR count). The number of nitrogens with zero attached hydrogens (tertiary/aromatic N) is 3. The molecule has 0 spiro atoms. The molecule has 0 saturated heterocycles. The first-order chi connectivity index (χ1) is 7.72. The van der Waals surface area contributed by atoms with Gasteiger partial charge in [0.2, 0.25) is 5.13 Å². The van der Waals surface area contributed by atoms with E-state index in [0.29, 0.717) is 5.13 Å². The van der Waals surface area contributed by atoms with E-state index in [1.165, 1.54) is 11.5 Å². The largest absolute Gasteiger partial charge is 0.496 e. The molecular formula is C10H12N4OS. The quantitative estimate of drug-likeness (QED) is 0.886. The lowest BCUT2D eigenvalue weighted by Gasteiger charge is -2.12. The Kier molecular flexibility index (Phi) is 3.00. The Bertz CT molecular complexity index is 484. The molecule has 1 N–H and O–H groups in total. The summed E-state index contributed by atoms with van der Waals surface area (Å²) in [6.45, 7) is 4.06. The molecule has 0 aliphatic rings. The molecule has 0 radical (unpaired) electrons. The molecule has 5 nitrogen and oxygen atoms in total. The zero-order valence-corrected chi connectivity index (χ0v) is 10.1. The Labute approximate surface area is 97.6 Å². The number of ether oxygens (including phenoxy) is 1. The van der Waals surface area contributed by atoms with Crippen LogP contribution < -0.4 is 10.1 Å². The molecule has 1 aromatic carbocycles.